The highest BCUT2D eigenvalue weighted by Gasteiger charge is 2.35. The van der Waals surface area contributed by atoms with Crippen LogP contribution in [0.15, 0.2) is 23.1 Å². The van der Waals surface area contributed by atoms with E-state index in [-0.39, 0.29) is 22.5 Å². The van der Waals surface area contributed by atoms with Crippen molar-refractivity contribution in [2.75, 3.05) is 27.3 Å². The second kappa shape index (κ2) is 7.21. The Morgan fingerprint density at radius 3 is 2.36 bits per heavy atom. The van der Waals surface area contributed by atoms with Gasteiger partial charge in [-0.2, -0.15) is 4.31 Å². The monoisotopic (exact) mass is 368 g/mol. The summed E-state index contributed by atoms with van der Waals surface area (Å²) in [4.78, 5) is 12.3. The first-order valence-electron chi connectivity index (χ1n) is 8.48. The van der Waals surface area contributed by atoms with E-state index < -0.39 is 10.0 Å². The fourth-order valence-corrected chi connectivity index (χ4v) is 4.64. The summed E-state index contributed by atoms with van der Waals surface area (Å²) in [7, 11) is -0.721. The van der Waals surface area contributed by atoms with E-state index in [1.54, 1.807) is 12.1 Å². The van der Waals surface area contributed by atoms with Crippen molar-refractivity contribution in [3.05, 3.63) is 18.2 Å². The Balaban J connectivity index is 1.70. The summed E-state index contributed by atoms with van der Waals surface area (Å²) < 4.78 is 37.6. The maximum atomic E-state index is 12.9. The van der Waals surface area contributed by atoms with Crippen LogP contribution in [0.5, 0.6) is 11.5 Å². The molecule has 1 saturated carbocycles. The van der Waals surface area contributed by atoms with E-state index >= 15 is 0 Å². The van der Waals surface area contributed by atoms with E-state index in [0.29, 0.717) is 37.7 Å². The number of sulfonamides is 1. The summed E-state index contributed by atoms with van der Waals surface area (Å²) >= 11 is 0. The van der Waals surface area contributed by atoms with E-state index in [0.717, 1.165) is 12.8 Å². The minimum absolute atomic E-state index is 0.0570. The van der Waals surface area contributed by atoms with Crippen LogP contribution < -0.4 is 14.8 Å². The summed E-state index contributed by atoms with van der Waals surface area (Å²) in [6, 6.07) is 4.99. The Morgan fingerprint density at radius 1 is 1.12 bits per heavy atom. The number of ether oxygens (including phenoxy) is 2. The lowest BCUT2D eigenvalue weighted by atomic mass is 9.97. The molecule has 0 atom stereocenters. The zero-order valence-corrected chi connectivity index (χ0v) is 15.3. The van der Waals surface area contributed by atoms with Gasteiger partial charge in [-0.25, -0.2) is 8.42 Å². The predicted molar refractivity (Wildman–Crippen MR) is 92.2 cm³/mol. The number of piperidine rings is 1. The third kappa shape index (κ3) is 3.90. The molecule has 0 spiro atoms. The molecule has 2 fully saturated rings. The van der Waals surface area contributed by atoms with Gasteiger partial charge in [0.1, 0.15) is 16.4 Å². The molecule has 2 aliphatic rings. The van der Waals surface area contributed by atoms with Crippen molar-refractivity contribution in [2.45, 2.75) is 36.6 Å². The van der Waals surface area contributed by atoms with Crippen molar-refractivity contribution < 1.29 is 22.7 Å². The van der Waals surface area contributed by atoms with Crippen LogP contribution in [0.1, 0.15) is 25.7 Å². The first kappa shape index (κ1) is 18.0. The molecule has 3 rings (SSSR count). The third-order valence-corrected chi connectivity index (χ3v) is 6.68. The van der Waals surface area contributed by atoms with Crippen LogP contribution in [-0.4, -0.2) is 52.0 Å². The Labute approximate surface area is 148 Å². The third-order valence-electron chi connectivity index (χ3n) is 4.74. The molecule has 1 aromatic rings. The van der Waals surface area contributed by atoms with Gasteiger partial charge in [-0.05, 0) is 37.8 Å². The van der Waals surface area contributed by atoms with Gasteiger partial charge < -0.3 is 14.8 Å². The van der Waals surface area contributed by atoms with Crippen molar-refractivity contribution in [3.8, 4) is 11.5 Å². The van der Waals surface area contributed by atoms with Crippen LogP contribution in [0.4, 0.5) is 0 Å². The first-order valence-corrected chi connectivity index (χ1v) is 9.92. The van der Waals surface area contributed by atoms with Crippen LogP contribution in [0.2, 0.25) is 0 Å². The molecule has 0 aromatic heterocycles. The molecule has 1 aromatic carbocycles. The molecule has 7 nitrogen and oxygen atoms in total. The smallest absolute Gasteiger partial charge is 0.246 e. The number of methoxy groups -OCH3 is 2. The summed E-state index contributed by atoms with van der Waals surface area (Å²) in [6.07, 6.45) is 3.18. The highest BCUT2D eigenvalue weighted by Crippen LogP contribution is 2.32. The maximum Gasteiger partial charge on any atom is 0.246 e. The predicted octanol–water partition coefficient (Wildman–Crippen LogP) is 1.38. The number of hydrogen-bond acceptors (Lipinski definition) is 5. The second-order valence-electron chi connectivity index (χ2n) is 6.48. The highest BCUT2D eigenvalue weighted by atomic mass is 32.2. The second-order valence-corrected chi connectivity index (χ2v) is 8.38. The molecule has 1 saturated heterocycles. The number of carbonyl (C=O) groups excluding carboxylic acids is 1. The molecule has 0 radical (unpaired) electrons. The molecule has 0 unspecified atom stereocenters. The van der Waals surface area contributed by atoms with Gasteiger partial charge in [0.15, 0.2) is 0 Å². The summed E-state index contributed by atoms with van der Waals surface area (Å²) in [6.45, 7) is 0.667. The van der Waals surface area contributed by atoms with E-state index in [2.05, 4.69) is 5.32 Å². The van der Waals surface area contributed by atoms with Gasteiger partial charge >= 0.3 is 0 Å². The molecular weight excluding hydrogens is 344 g/mol. The Hall–Kier alpha value is -1.80. The first-order chi connectivity index (χ1) is 12.0. The van der Waals surface area contributed by atoms with Crippen LogP contribution in [-0.2, 0) is 14.8 Å². The van der Waals surface area contributed by atoms with E-state index in [1.807, 2.05) is 0 Å². The minimum atomic E-state index is -3.67. The largest absolute Gasteiger partial charge is 0.497 e. The van der Waals surface area contributed by atoms with E-state index in [4.69, 9.17) is 9.47 Å². The average Bonchev–Trinajstić information content (AvgIpc) is 3.45. The molecule has 1 aliphatic carbocycles. The van der Waals surface area contributed by atoms with E-state index in [1.165, 1.54) is 24.6 Å². The highest BCUT2D eigenvalue weighted by molar-refractivity contribution is 7.89. The van der Waals surface area contributed by atoms with Crippen LogP contribution >= 0.6 is 0 Å². The summed E-state index contributed by atoms with van der Waals surface area (Å²) in [5, 5.41) is 3.00. The number of amides is 1. The van der Waals surface area contributed by atoms with Gasteiger partial charge in [-0.1, -0.05) is 0 Å². The average molecular weight is 368 g/mol. The lowest BCUT2D eigenvalue weighted by Gasteiger charge is -2.31. The van der Waals surface area contributed by atoms with Crippen LogP contribution in [0.25, 0.3) is 0 Å². The fourth-order valence-electron chi connectivity index (χ4n) is 3.03. The lowest BCUT2D eigenvalue weighted by molar-refractivity contribution is -0.126. The normalized spacial score (nSPS) is 19.4. The van der Waals surface area contributed by atoms with Gasteiger partial charge in [-0.3, -0.25) is 4.79 Å². The van der Waals surface area contributed by atoms with Crippen molar-refractivity contribution in [2.24, 2.45) is 5.92 Å². The number of benzene rings is 1. The number of nitrogens with one attached hydrogen (secondary N) is 1. The molecule has 25 heavy (non-hydrogen) atoms. The van der Waals surface area contributed by atoms with Crippen molar-refractivity contribution >= 4 is 15.9 Å². The maximum absolute atomic E-state index is 12.9. The van der Waals surface area contributed by atoms with E-state index in [9.17, 15) is 13.2 Å². The Morgan fingerprint density at radius 2 is 1.80 bits per heavy atom. The number of hydrogen-bond donors (Lipinski definition) is 1. The van der Waals surface area contributed by atoms with Crippen molar-refractivity contribution in [1.29, 1.82) is 0 Å². The molecule has 1 heterocycles. The molecule has 1 aliphatic heterocycles. The topological polar surface area (TPSA) is 84.9 Å². The van der Waals surface area contributed by atoms with Crippen LogP contribution in [0, 0.1) is 5.92 Å². The van der Waals surface area contributed by atoms with Crippen LogP contribution in [0.3, 0.4) is 0 Å². The molecule has 8 heteroatoms. The Kier molecular flexibility index (Phi) is 5.19. The van der Waals surface area contributed by atoms with Gasteiger partial charge in [0.2, 0.25) is 15.9 Å². The Bertz CT molecular complexity index is 737. The molecular formula is C17H24N2O5S. The number of nitrogens with zero attached hydrogens (tertiary/aromatic N) is 1. The van der Waals surface area contributed by atoms with Gasteiger partial charge in [-0.15, -0.1) is 0 Å². The lowest BCUT2D eigenvalue weighted by Crippen LogP contribution is -2.43. The zero-order valence-electron chi connectivity index (χ0n) is 14.5. The number of carbonyl (C=O) groups is 1. The van der Waals surface area contributed by atoms with Crippen molar-refractivity contribution in [1.82, 2.24) is 9.62 Å². The van der Waals surface area contributed by atoms with Gasteiger partial charge in [0.05, 0.1) is 14.2 Å². The van der Waals surface area contributed by atoms with Gasteiger partial charge in [0, 0.05) is 31.1 Å². The minimum Gasteiger partial charge on any atom is -0.497 e. The van der Waals surface area contributed by atoms with Gasteiger partial charge in [0.25, 0.3) is 0 Å². The molecule has 138 valence electrons. The zero-order chi connectivity index (χ0) is 18.0. The summed E-state index contributed by atoms with van der Waals surface area (Å²) in [5.74, 6) is 0.741. The standard InChI is InChI=1S/C17H24N2O5S/c1-23-14-5-6-16(15(11-14)24-2)25(21,22)19-9-7-12(8-10-19)17(20)18-13-3-4-13/h5-6,11-13H,3-4,7-10H2,1-2H3,(H,18,20). The molecule has 1 amide bonds. The molecule has 0 bridgehead atoms. The summed E-state index contributed by atoms with van der Waals surface area (Å²) in [5.41, 5.74) is 0. The number of rotatable bonds is 6. The molecule has 1 N–H and O–H groups in total. The van der Waals surface area contributed by atoms with Crippen molar-refractivity contribution in [3.63, 3.8) is 0 Å². The SMILES string of the molecule is COc1ccc(S(=O)(=O)N2CCC(C(=O)NC3CC3)CC2)c(OC)c1. The fraction of sp³-hybridized carbons (Fsp3) is 0.588. The quantitative estimate of drug-likeness (QED) is 0.820.